The molecule has 0 spiro atoms. The molecule has 0 unspecified atom stereocenters. The van der Waals surface area contributed by atoms with Crippen molar-refractivity contribution in [3.8, 4) is 67.5 Å². The number of hydrogen-bond donors (Lipinski definition) is 0. The maximum Gasteiger partial charge on any atom is 0.160 e. The molecular formula is C58H36N4. The molecule has 12 rings (SSSR count). The molecule has 62 heavy (non-hydrogen) atoms. The van der Waals surface area contributed by atoms with Gasteiger partial charge in [0, 0.05) is 38.6 Å². The average Bonchev–Trinajstić information content (AvgIpc) is 3.36. The number of pyridine rings is 2. The van der Waals surface area contributed by atoms with Gasteiger partial charge in [-0.15, -0.1) is 0 Å². The Morgan fingerprint density at radius 2 is 0.581 bits per heavy atom. The fourth-order valence-corrected chi connectivity index (χ4v) is 8.90. The van der Waals surface area contributed by atoms with Crippen molar-refractivity contribution >= 4 is 54.1 Å². The number of rotatable bonds is 6. The molecule has 0 N–H and O–H groups in total. The van der Waals surface area contributed by atoms with Crippen LogP contribution in [-0.2, 0) is 0 Å². The average molecular weight is 789 g/mol. The summed E-state index contributed by atoms with van der Waals surface area (Å²) >= 11 is 0. The summed E-state index contributed by atoms with van der Waals surface area (Å²) in [4.78, 5) is 20.8. The Labute approximate surface area is 358 Å². The van der Waals surface area contributed by atoms with Crippen molar-refractivity contribution in [2.75, 3.05) is 0 Å². The largest absolute Gasteiger partial charge is 0.245 e. The van der Waals surface area contributed by atoms with Gasteiger partial charge in [0.1, 0.15) is 0 Å². The van der Waals surface area contributed by atoms with Crippen LogP contribution >= 0.6 is 0 Å². The maximum atomic E-state index is 5.30. The lowest BCUT2D eigenvalue weighted by atomic mass is 9.91. The zero-order valence-electron chi connectivity index (χ0n) is 33.6. The van der Waals surface area contributed by atoms with Gasteiger partial charge in [-0.1, -0.05) is 188 Å². The molecule has 0 fully saturated rings. The highest BCUT2D eigenvalue weighted by Gasteiger charge is 2.16. The predicted molar refractivity (Wildman–Crippen MR) is 258 cm³/mol. The van der Waals surface area contributed by atoms with E-state index in [2.05, 4.69) is 200 Å². The van der Waals surface area contributed by atoms with E-state index in [9.17, 15) is 0 Å². The Morgan fingerprint density at radius 3 is 1.13 bits per heavy atom. The molecule has 9 aromatic carbocycles. The molecule has 0 aliphatic carbocycles. The minimum absolute atomic E-state index is 0.694. The van der Waals surface area contributed by atoms with Gasteiger partial charge in [0.15, 0.2) is 5.82 Å². The number of fused-ring (bicyclic) bond motifs is 9. The Hall–Kier alpha value is -8.34. The Bertz CT molecular complexity index is 3640. The van der Waals surface area contributed by atoms with Crippen molar-refractivity contribution < 1.29 is 0 Å². The summed E-state index contributed by atoms with van der Waals surface area (Å²) in [6, 6.07) is 76.9. The van der Waals surface area contributed by atoms with Gasteiger partial charge in [0.05, 0.1) is 33.8 Å². The fraction of sp³-hybridized carbons (Fsp3) is 0. The fourth-order valence-electron chi connectivity index (χ4n) is 8.90. The van der Waals surface area contributed by atoms with E-state index in [4.69, 9.17) is 19.9 Å². The smallest absolute Gasteiger partial charge is 0.160 e. The summed E-state index contributed by atoms with van der Waals surface area (Å²) in [6.45, 7) is 0. The normalized spacial score (nSPS) is 11.5. The van der Waals surface area contributed by atoms with E-state index in [0.29, 0.717) is 5.82 Å². The van der Waals surface area contributed by atoms with Crippen LogP contribution in [-0.4, -0.2) is 19.9 Å². The number of hydrogen-bond acceptors (Lipinski definition) is 4. The zero-order valence-corrected chi connectivity index (χ0v) is 33.6. The second kappa shape index (κ2) is 14.7. The van der Waals surface area contributed by atoms with E-state index in [-0.39, 0.29) is 0 Å². The van der Waals surface area contributed by atoms with Gasteiger partial charge in [0.25, 0.3) is 0 Å². The summed E-state index contributed by atoms with van der Waals surface area (Å²) in [5.74, 6) is 0.694. The van der Waals surface area contributed by atoms with E-state index in [1.165, 1.54) is 37.9 Å². The predicted octanol–water partition coefficient (Wildman–Crippen LogP) is 15.0. The quantitative estimate of drug-likeness (QED) is 0.158. The van der Waals surface area contributed by atoms with Crippen LogP contribution in [0, 0.1) is 0 Å². The first-order valence-electron chi connectivity index (χ1n) is 21.0. The van der Waals surface area contributed by atoms with Gasteiger partial charge < -0.3 is 0 Å². The molecule has 0 radical (unpaired) electrons. The van der Waals surface area contributed by atoms with Crippen molar-refractivity contribution in [1.29, 1.82) is 0 Å². The topological polar surface area (TPSA) is 51.6 Å². The molecule has 0 saturated heterocycles. The van der Waals surface area contributed by atoms with Crippen molar-refractivity contribution in [2.45, 2.75) is 0 Å². The minimum atomic E-state index is 0.694. The van der Waals surface area contributed by atoms with E-state index in [0.717, 1.165) is 78.0 Å². The molecule has 0 saturated carbocycles. The van der Waals surface area contributed by atoms with Crippen LogP contribution in [0.1, 0.15) is 0 Å². The third-order valence-corrected chi connectivity index (χ3v) is 12.1. The molecule has 0 bridgehead atoms. The zero-order chi connectivity index (χ0) is 41.0. The van der Waals surface area contributed by atoms with Crippen LogP contribution in [0.4, 0.5) is 0 Å². The highest BCUT2D eigenvalue weighted by Crippen LogP contribution is 2.40. The van der Waals surface area contributed by atoms with Crippen molar-refractivity contribution in [2.24, 2.45) is 0 Å². The summed E-state index contributed by atoms with van der Waals surface area (Å²) in [6.07, 6.45) is 0. The highest BCUT2D eigenvalue weighted by molar-refractivity contribution is 6.26. The monoisotopic (exact) mass is 788 g/mol. The number of nitrogens with zero attached hydrogens (tertiary/aromatic N) is 4. The lowest BCUT2D eigenvalue weighted by Crippen LogP contribution is -1.96. The van der Waals surface area contributed by atoms with Crippen LogP contribution in [0.25, 0.3) is 122 Å². The molecule has 0 aliphatic rings. The van der Waals surface area contributed by atoms with Crippen molar-refractivity contribution in [1.82, 2.24) is 19.9 Å². The number of benzene rings is 9. The molecule has 4 nitrogen and oxygen atoms in total. The molecule has 3 aromatic heterocycles. The molecule has 0 aliphatic heterocycles. The van der Waals surface area contributed by atoms with Crippen molar-refractivity contribution in [3.05, 3.63) is 218 Å². The maximum absolute atomic E-state index is 5.30. The Kier molecular flexibility index (Phi) is 8.46. The van der Waals surface area contributed by atoms with Gasteiger partial charge in [-0.3, -0.25) is 0 Å². The molecule has 4 heteroatoms. The lowest BCUT2D eigenvalue weighted by molar-refractivity contribution is 1.18. The lowest BCUT2D eigenvalue weighted by Gasteiger charge is -2.14. The van der Waals surface area contributed by atoms with E-state index in [1.807, 2.05) is 18.2 Å². The summed E-state index contributed by atoms with van der Waals surface area (Å²) < 4.78 is 0. The third kappa shape index (κ3) is 6.25. The first-order valence-corrected chi connectivity index (χ1v) is 21.0. The number of aromatic nitrogens is 4. The Morgan fingerprint density at radius 1 is 0.210 bits per heavy atom. The van der Waals surface area contributed by atoms with Crippen LogP contribution in [0.5, 0.6) is 0 Å². The summed E-state index contributed by atoms with van der Waals surface area (Å²) in [7, 11) is 0. The molecule has 3 heterocycles. The SMILES string of the molecule is c1ccc(-c2ccc(-c3nc(-c4ccccc4)cc(-c4ccc5c6ccc(-c7ccc8ccc9ccc(-c%10ccccc%10)nc9c8n7)cc6c6ccccc6c5c4)n3)cc2)cc1. The minimum Gasteiger partial charge on any atom is -0.245 e. The molecule has 12 aromatic rings. The van der Waals surface area contributed by atoms with E-state index >= 15 is 0 Å². The Balaban J connectivity index is 0.979. The van der Waals surface area contributed by atoms with Gasteiger partial charge in [-0.25, -0.2) is 19.9 Å². The van der Waals surface area contributed by atoms with Crippen LogP contribution in [0.2, 0.25) is 0 Å². The van der Waals surface area contributed by atoms with Gasteiger partial charge in [0.2, 0.25) is 0 Å². The van der Waals surface area contributed by atoms with Crippen LogP contribution in [0.3, 0.4) is 0 Å². The van der Waals surface area contributed by atoms with E-state index < -0.39 is 0 Å². The second-order valence-corrected chi connectivity index (χ2v) is 15.8. The highest BCUT2D eigenvalue weighted by atomic mass is 14.9. The standard InChI is InChI=1S/C58H36N4/c1-4-12-37(13-5-1)38-20-24-43(25-21-38)58-61-54(40-16-8-3-9-17-40)36-55(62-58)45-27-31-49-48-30-26-44(34-50(48)46-18-10-11-19-47(46)51(49)35-45)53-33-29-42-23-22-41-28-32-52(39-14-6-2-7-15-39)59-56(41)57(42)60-53/h1-36H. The molecule has 0 amide bonds. The molecule has 288 valence electrons. The van der Waals surface area contributed by atoms with Gasteiger partial charge >= 0.3 is 0 Å². The van der Waals surface area contributed by atoms with Gasteiger partial charge in [-0.05, 0) is 73.8 Å². The van der Waals surface area contributed by atoms with Crippen LogP contribution < -0.4 is 0 Å². The third-order valence-electron chi connectivity index (χ3n) is 12.1. The first-order chi connectivity index (χ1) is 30.7. The van der Waals surface area contributed by atoms with E-state index in [1.54, 1.807) is 0 Å². The van der Waals surface area contributed by atoms with Gasteiger partial charge in [-0.2, -0.15) is 0 Å². The summed E-state index contributed by atoms with van der Waals surface area (Å²) in [5.41, 5.74) is 13.0. The molecular weight excluding hydrogens is 753 g/mol. The summed E-state index contributed by atoms with van der Waals surface area (Å²) in [5, 5.41) is 9.29. The van der Waals surface area contributed by atoms with Crippen LogP contribution in [0.15, 0.2) is 218 Å². The molecule has 0 atom stereocenters. The first kappa shape index (κ1) is 35.6. The van der Waals surface area contributed by atoms with Crippen molar-refractivity contribution in [3.63, 3.8) is 0 Å². The second-order valence-electron chi connectivity index (χ2n) is 15.8.